The van der Waals surface area contributed by atoms with Gasteiger partial charge in [0.1, 0.15) is 5.01 Å². The van der Waals surface area contributed by atoms with Crippen LogP contribution in [0.1, 0.15) is 41.4 Å². The molecular weight excluding hydrogens is 192 g/mol. The van der Waals surface area contributed by atoms with Crippen molar-refractivity contribution in [3.63, 3.8) is 0 Å². The van der Waals surface area contributed by atoms with Gasteiger partial charge in [0.2, 0.25) is 0 Å². The van der Waals surface area contributed by atoms with Gasteiger partial charge in [0, 0.05) is 4.88 Å². The zero-order chi connectivity index (χ0) is 9.97. The fourth-order valence-corrected chi connectivity index (χ4v) is 2.93. The third-order valence-corrected chi connectivity index (χ3v) is 3.76. The molecule has 76 valence electrons. The molecule has 0 spiro atoms. The van der Waals surface area contributed by atoms with Crippen molar-refractivity contribution < 1.29 is 0 Å². The van der Waals surface area contributed by atoms with Crippen molar-refractivity contribution in [2.75, 3.05) is 6.54 Å². The van der Waals surface area contributed by atoms with Gasteiger partial charge in [-0.05, 0) is 39.3 Å². The van der Waals surface area contributed by atoms with Crippen LogP contribution in [-0.4, -0.2) is 11.5 Å². The smallest absolute Gasteiger partial charge is 0.110 e. The van der Waals surface area contributed by atoms with Gasteiger partial charge < -0.3 is 5.32 Å². The highest BCUT2D eigenvalue weighted by atomic mass is 32.1. The van der Waals surface area contributed by atoms with Gasteiger partial charge in [-0.2, -0.15) is 0 Å². The predicted octanol–water partition coefficient (Wildman–Crippen LogP) is 2.91. The molecule has 1 saturated heterocycles. The quantitative estimate of drug-likeness (QED) is 0.808. The summed E-state index contributed by atoms with van der Waals surface area (Å²) in [6.45, 7) is 5.28. The van der Waals surface area contributed by atoms with Crippen LogP contribution in [0.15, 0.2) is 6.08 Å². The molecule has 2 rings (SSSR count). The molecule has 3 heteroatoms. The van der Waals surface area contributed by atoms with Crippen LogP contribution in [0.5, 0.6) is 0 Å². The lowest BCUT2D eigenvalue weighted by molar-refractivity contribution is 0.641. The molecule has 0 aromatic carbocycles. The maximum Gasteiger partial charge on any atom is 0.110 e. The Morgan fingerprint density at radius 1 is 1.57 bits per heavy atom. The molecule has 1 aromatic heterocycles. The van der Waals surface area contributed by atoms with Crippen molar-refractivity contribution >= 4 is 17.4 Å². The molecule has 1 aromatic rings. The normalized spacial score (nSPS) is 22.3. The molecule has 0 aliphatic carbocycles. The molecule has 1 aliphatic heterocycles. The van der Waals surface area contributed by atoms with E-state index in [0.29, 0.717) is 6.04 Å². The maximum atomic E-state index is 4.62. The number of hydrogen-bond donors (Lipinski definition) is 1. The average molecular weight is 208 g/mol. The Bertz CT molecular complexity index is 335. The fraction of sp³-hybridized carbons (Fsp3) is 0.545. The highest BCUT2D eigenvalue weighted by molar-refractivity contribution is 7.12. The summed E-state index contributed by atoms with van der Waals surface area (Å²) >= 11 is 1.82. The van der Waals surface area contributed by atoms with Crippen LogP contribution in [0.25, 0.3) is 6.08 Å². The van der Waals surface area contributed by atoms with Crippen molar-refractivity contribution in [2.45, 2.75) is 32.7 Å². The first-order valence-electron chi connectivity index (χ1n) is 5.14. The van der Waals surface area contributed by atoms with Gasteiger partial charge in [-0.25, -0.2) is 4.98 Å². The second-order valence-corrected chi connectivity index (χ2v) is 4.71. The Balaban J connectivity index is 2.22. The number of aryl methyl sites for hydroxylation is 1. The molecule has 0 radical (unpaired) electrons. The number of nitrogens with one attached hydrogen (secondary N) is 1. The van der Waals surface area contributed by atoms with Crippen LogP contribution >= 0.6 is 11.3 Å². The summed E-state index contributed by atoms with van der Waals surface area (Å²) in [6.07, 6.45) is 6.74. The Hall–Kier alpha value is -0.670. The van der Waals surface area contributed by atoms with E-state index in [1.54, 1.807) is 0 Å². The Morgan fingerprint density at radius 3 is 3.07 bits per heavy atom. The standard InChI is InChI=1S/C11H16N2S/c1-3-5-10-8(2)13-11(14-10)9-6-4-7-12-9/h3,5,9,12H,4,6-7H2,1-2H3/b5-3-. The Kier molecular flexibility index (Phi) is 2.99. The number of allylic oxidation sites excluding steroid dienone is 1. The largest absolute Gasteiger partial charge is 0.308 e. The zero-order valence-electron chi connectivity index (χ0n) is 8.71. The first-order valence-corrected chi connectivity index (χ1v) is 5.96. The van der Waals surface area contributed by atoms with Crippen molar-refractivity contribution in [1.82, 2.24) is 10.3 Å². The van der Waals surface area contributed by atoms with Crippen LogP contribution in [-0.2, 0) is 0 Å². The van der Waals surface area contributed by atoms with E-state index in [2.05, 4.69) is 29.4 Å². The molecule has 0 amide bonds. The summed E-state index contributed by atoms with van der Waals surface area (Å²) in [5, 5.41) is 4.74. The summed E-state index contributed by atoms with van der Waals surface area (Å²) in [6, 6.07) is 0.512. The van der Waals surface area contributed by atoms with Gasteiger partial charge in [0.15, 0.2) is 0 Å². The lowest BCUT2D eigenvalue weighted by Crippen LogP contribution is -2.12. The zero-order valence-corrected chi connectivity index (χ0v) is 9.53. The van der Waals surface area contributed by atoms with E-state index in [4.69, 9.17) is 0 Å². The van der Waals surface area contributed by atoms with Crippen LogP contribution in [0.3, 0.4) is 0 Å². The third-order valence-electron chi connectivity index (χ3n) is 2.53. The molecule has 1 atom stereocenters. The molecule has 1 aliphatic rings. The second-order valence-electron chi connectivity index (χ2n) is 3.65. The molecule has 0 saturated carbocycles. The molecule has 0 bridgehead atoms. The van der Waals surface area contributed by atoms with Gasteiger partial charge in [0.05, 0.1) is 11.7 Å². The highest BCUT2D eigenvalue weighted by Crippen LogP contribution is 2.29. The first-order chi connectivity index (χ1) is 6.81. The first kappa shape index (κ1) is 9.87. The van der Waals surface area contributed by atoms with Crippen LogP contribution < -0.4 is 5.32 Å². The van der Waals surface area contributed by atoms with Gasteiger partial charge >= 0.3 is 0 Å². The molecule has 2 heterocycles. The van der Waals surface area contributed by atoms with Gasteiger partial charge in [-0.15, -0.1) is 11.3 Å². The lowest BCUT2D eigenvalue weighted by atomic mass is 10.2. The predicted molar refractivity (Wildman–Crippen MR) is 61.5 cm³/mol. The minimum Gasteiger partial charge on any atom is -0.308 e. The monoisotopic (exact) mass is 208 g/mol. The van der Waals surface area contributed by atoms with E-state index in [0.717, 1.165) is 12.2 Å². The van der Waals surface area contributed by atoms with E-state index in [1.807, 2.05) is 18.3 Å². The molecular formula is C11H16N2S. The van der Waals surface area contributed by atoms with Crippen molar-refractivity contribution in [3.8, 4) is 0 Å². The van der Waals surface area contributed by atoms with Crippen molar-refractivity contribution in [1.29, 1.82) is 0 Å². The topological polar surface area (TPSA) is 24.9 Å². The molecule has 14 heavy (non-hydrogen) atoms. The van der Waals surface area contributed by atoms with Crippen LogP contribution in [0.4, 0.5) is 0 Å². The van der Waals surface area contributed by atoms with E-state index in [9.17, 15) is 0 Å². The minimum atomic E-state index is 0.512. The lowest BCUT2D eigenvalue weighted by Gasteiger charge is -2.03. The molecule has 2 nitrogen and oxygen atoms in total. The maximum absolute atomic E-state index is 4.62. The second kappa shape index (κ2) is 4.24. The summed E-state index contributed by atoms with van der Waals surface area (Å²) in [5.74, 6) is 0. The molecule has 1 unspecified atom stereocenters. The fourth-order valence-electron chi connectivity index (χ4n) is 1.78. The van der Waals surface area contributed by atoms with E-state index >= 15 is 0 Å². The van der Waals surface area contributed by atoms with Crippen LogP contribution in [0.2, 0.25) is 0 Å². The van der Waals surface area contributed by atoms with Gasteiger partial charge in [-0.1, -0.05) is 6.08 Å². The van der Waals surface area contributed by atoms with Crippen molar-refractivity contribution in [3.05, 3.63) is 21.7 Å². The van der Waals surface area contributed by atoms with E-state index in [1.165, 1.54) is 22.7 Å². The van der Waals surface area contributed by atoms with E-state index < -0.39 is 0 Å². The van der Waals surface area contributed by atoms with Crippen molar-refractivity contribution in [2.24, 2.45) is 0 Å². The average Bonchev–Trinajstić information content (AvgIpc) is 2.76. The summed E-state index contributed by atoms with van der Waals surface area (Å²) < 4.78 is 0. The van der Waals surface area contributed by atoms with Crippen LogP contribution in [0, 0.1) is 6.92 Å². The number of thiazole rings is 1. The number of nitrogens with zero attached hydrogens (tertiary/aromatic N) is 1. The number of rotatable bonds is 2. The summed E-state index contributed by atoms with van der Waals surface area (Å²) in [5.41, 5.74) is 1.16. The summed E-state index contributed by atoms with van der Waals surface area (Å²) in [4.78, 5) is 5.92. The summed E-state index contributed by atoms with van der Waals surface area (Å²) in [7, 11) is 0. The molecule has 1 fully saturated rings. The Labute approximate surface area is 89.1 Å². The molecule has 1 N–H and O–H groups in total. The highest BCUT2D eigenvalue weighted by Gasteiger charge is 2.20. The van der Waals surface area contributed by atoms with Gasteiger partial charge in [-0.3, -0.25) is 0 Å². The number of aromatic nitrogens is 1. The Morgan fingerprint density at radius 2 is 2.43 bits per heavy atom. The van der Waals surface area contributed by atoms with E-state index in [-0.39, 0.29) is 0 Å². The van der Waals surface area contributed by atoms with Gasteiger partial charge in [0.25, 0.3) is 0 Å². The number of hydrogen-bond acceptors (Lipinski definition) is 3. The SMILES string of the molecule is C/C=C\c1sc(C2CCCN2)nc1C. The third kappa shape index (κ3) is 1.88. The minimum absolute atomic E-state index is 0.512.